The fourth-order valence-corrected chi connectivity index (χ4v) is 4.84. The predicted octanol–water partition coefficient (Wildman–Crippen LogP) is 4.58. The summed E-state index contributed by atoms with van der Waals surface area (Å²) in [5, 5.41) is 0.901. The molecule has 1 aliphatic heterocycles. The van der Waals surface area contributed by atoms with E-state index in [1.807, 2.05) is 53.4 Å². The van der Waals surface area contributed by atoms with Crippen LogP contribution in [0.2, 0.25) is 0 Å². The van der Waals surface area contributed by atoms with Crippen LogP contribution in [0.1, 0.15) is 27.2 Å². The Bertz CT molecular complexity index is 1360. The van der Waals surface area contributed by atoms with Gasteiger partial charge in [0.1, 0.15) is 18.0 Å². The second-order valence-corrected chi connectivity index (χ2v) is 9.18. The Morgan fingerprint density at radius 3 is 2.57 bits per heavy atom. The summed E-state index contributed by atoms with van der Waals surface area (Å²) in [7, 11) is 1.62. The number of hydrogen-bond acceptors (Lipinski definition) is 3. The van der Waals surface area contributed by atoms with Crippen molar-refractivity contribution in [1.29, 1.82) is 0 Å². The fraction of sp³-hybridized carbons (Fsp3) is 0.241. The van der Waals surface area contributed by atoms with Crippen LogP contribution in [0.25, 0.3) is 10.9 Å². The molecule has 1 fully saturated rings. The summed E-state index contributed by atoms with van der Waals surface area (Å²) in [6.07, 6.45) is 0.687. The number of piperazine rings is 1. The topological polar surface area (TPSA) is 65.6 Å². The second-order valence-electron chi connectivity index (χ2n) is 9.18. The van der Waals surface area contributed by atoms with Crippen LogP contribution in [0.5, 0.6) is 5.75 Å². The van der Waals surface area contributed by atoms with Crippen LogP contribution in [0.4, 0.5) is 0 Å². The van der Waals surface area contributed by atoms with E-state index in [4.69, 9.17) is 4.74 Å². The van der Waals surface area contributed by atoms with Crippen molar-refractivity contribution in [3.8, 4) is 5.75 Å². The normalized spacial score (nSPS) is 16.1. The Kier molecular flexibility index (Phi) is 6.27. The summed E-state index contributed by atoms with van der Waals surface area (Å²) < 4.78 is 5.30. The molecule has 0 spiro atoms. The van der Waals surface area contributed by atoms with E-state index in [-0.39, 0.29) is 24.4 Å². The molecule has 5 rings (SSSR count). The highest BCUT2D eigenvalue weighted by atomic mass is 16.5. The van der Waals surface area contributed by atoms with Gasteiger partial charge in [-0.1, -0.05) is 60.2 Å². The van der Waals surface area contributed by atoms with E-state index < -0.39 is 0 Å². The lowest BCUT2D eigenvalue weighted by Crippen LogP contribution is -2.58. The SMILES string of the molecule is COc1ccc2[nH]c(C(=O)N3CC(=O)N(Cc4cccc(C)c4)[C@@H](Cc4ccccc4)C3)cc2c1. The van der Waals surface area contributed by atoms with E-state index in [0.717, 1.165) is 27.8 Å². The van der Waals surface area contributed by atoms with Crippen molar-refractivity contribution in [3.05, 3.63) is 101 Å². The van der Waals surface area contributed by atoms with E-state index in [1.165, 1.54) is 5.56 Å². The number of carbonyl (C=O) groups is 2. The Morgan fingerprint density at radius 2 is 1.80 bits per heavy atom. The van der Waals surface area contributed by atoms with E-state index in [2.05, 4.69) is 42.2 Å². The van der Waals surface area contributed by atoms with Crippen molar-refractivity contribution >= 4 is 22.7 Å². The van der Waals surface area contributed by atoms with E-state index in [0.29, 0.717) is 25.2 Å². The number of nitrogens with zero attached hydrogens (tertiary/aromatic N) is 2. The van der Waals surface area contributed by atoms with Crippen LogP contribution in [0.15, 0.2) is 78.9 Å². The number of carbonyl (C=O) groups excluding carboxylic acids is 2. The minimum absolute atomic E-state index is 0.0372. The minimum atomic E-state index is -0.165. The number of fused-ring (bicyclic) bond motifs is 1. The quantitative estimate of drug-likeness (QED) is 0.451. The van der Waals surface area contributed by atoms with Gasteiger partial charge in [0.25, 0.3) is 5.91 Å². The van der Waals surface area contributed by atoms with E-state index in [9.17, 15) is 9.59 Å². The smallest absolute Gasteiger partial charge is 0.270 e. The lowest BCUT2D eigenvalue weighted by Gasteiger charge is -2.41. The van der Waals surface area contributed by atoms with E-state index >= 15 is 0 Å². The second kappa shape index (κ2) is 9.66. The summed E-state index contributed by atoms with van der Waals surface area (Å²) in [6, 6.07) is 25.7. The van der Waals surface area contributed by atoms with Crippen molar-refractivity contribution < 1.29 is 14.3 Å². The maximum atomic E-state index is 13.5. The zero-order valence-electron chi connectivity index (χ0n) is 20.0. The molecular formula is C29H29N3O3. The largest absolute Gasteiger partial charge is 0.497 e. The van der Waals surface area contributed by atoms with Crippen molar-refractivity contribution in [2.45, 2.75) is 25.9 Å². The summed E-state index contributed by atoms with van der Waals surface area (Å²) in [4.78, 5) is 33.7. The van der Waals surface area contributed by atoms with Gasteiger partial charge in [-0.25, -0.2) is 0 Å². The van der Waals surface area contributed by atoms with Gasteiger partial charge in [0, 0.05) is 24.0 Å². The van der Waals surface area contributed by atoms with Crippen molar-refractivity contribution in [3.63, 3.8) is 0 Å². The van der Waals surface area contributed by atoms with Gasteiger partial charge in [0.05, 0.1) is 13.2 Å². The molecule has 2 amide bonds. The van der Waals surface area contributed by atoms with Crippen LogP contribution in [-0.4, -0.2) is 52.8 Å². The molecule has 0 aliphatic carbocycles. The van der Waals surface area contributed by atoms with Gasteiger partial charge >= 0.3 is 0 Å². The predicted molar refractivity (Wildman–Crippen MR) is 136 cm³/mol. The maximum absolute atomic E-state index is 13.5. The number of aryl methyl sites for hydroxylation is 1. The van der Waals surface area contributed by atoms with Gasteiger partial charge in [0.2, 0.25) is 5.91 Å². The first kappa shape index (κ1) is 22.7. The number of methoxy groups -OCH3 is 1. The number of aromatic nitrogens is 1. The molecule has 1 N–H and O–H groups in total. The third-order valence-corrected chi connectivity index (χ3v) is 6.61. The van der Waals surface area contributed by atoms with Gasteiger partial charge in [0.15, 0.2) is 0 Å². The number of benzene rings is 3. The van der Waals surface area contributed by atoms with Gasteiger partial charge < -0.3 is 19.5 Å². The first-order valence-corrected chi connectivity index (χ1v) is 11.8. The van der Waals surface area contributed by atoms with Crippen LogP contribution in [0, 0.1) is 6.92 Å². The van der Waals surface area contributed by atoms with Crippen molar-refractivity contribution in [1.82, 2.24) is 14.8 Å². The fourth-order valence-electron chi connectivity index (χ4n) is 4.84. The summed E-state index contributed by atoms with van der Waals surface area (Å²) >= 11 is 0. The molecule has 0 unspecified atom stereocenters. The zero-order valence-corrected chi connectivity index (χ0v) is 20.0. The number of rotatable bonds is 6. The Morgan fingerprint density at radius 1 is 1.00 bits per heavy atom. The molecule has 6 heteroatoms. The lowest BCUT2D eigenvalue weighted by atomic mass is 10.00. The maximum Gasteiger partial charge on any atom is 0.270 e. The first-order chi connectivity index (χ1) is 17.0. The number of amides is 2. The molecule has 35 heavy (non-hydrogen) atoms. The standard InChI is InChI=1S/C29H29N3O3/c1-20-7-6-10-22(13-20)17-32-24(14-21-8-4-3-5-9-21)18-31(19-28(32)33)29(34)27-16-23-15-25(35-2)11-12-26(23)30-27/h3-13,15-16,24,30H,14,17-19H2,1-2H3/t24-/m0/s1. The molecule has 1 saturated heterocycles. The van der Waals surface area contributed by atoms with Gasteiger partial charge in [-0.2, -0.15) is 0 Å². The summed E-state index contributed by atoms with van der Waals surface area (Å²) in [5.74, 6) is 0.532. The summed E-state index contributed by atoms with van der Waals surface area (Å²) in [6.45, 7) is 3.13. The molecule has 6 nitrogen and oxygen atoms in total. The Balaban J connectivity index is 1.41. The van der Waals surface area contributed by atoms with Crippen molar-refractivity contribution in [2.24, 2.45) is 0 Å². The van der Waals surface area contributed by atoms with Crippen LogP contribution >= 0.6 is 0 Å². The lowest BCUT2D eigenvalue weighted by molar-refractivity contribution is -0.139. The number of ether oxygens (including phenoxy) is 1. The number of H-pyrrole nitrogens is 1. The number of nitrogens with one attached hydrogen (secondary N) is 1. The van der Waals surface area contributed by atoms with Crippen molar-refractivity contribution in [2.75, 3.05) is 20.2 Å². The van der Waals surface area contributed by atoms with E-state index in [1.54, 1.807) is 12.0 Å². The molecular weight excluding hydrogens is 438 g/mol. The van der Waals surface area contributed by atoms with Gasteiger partial charge in [-0.3, -0.25) is 9.59 Å². The number of hydrogen-bond donors (Lipinski definition) is 1. The first-order valence-electron chi connectivity index (χ1n) is 11.8. The average molecular weight is 468 g/mol. The molecule has 1 aliphatic rings. The van der Waals surface area contributed by atoms with Gasteiger partial charge in [-0.05, 0) is 48.7 Å². The molecule has 0 saturated carbocycles. The third-order valence-electron chi connectivity index (χ3n) is 6.61. The monoisotopic (exact) mass is 467 g/mol. The molecule has 0 bridgehead atoms. The third kappa shape index (κ3) is 4.92. The highest BCUT2D eigenvalue weighted by Gasteiger charge is 2.35. The molecule has 2 heterocycles. The van der Waals surface area contributed by atoms with Crippen LogP contribution in [0.3, 0.4) is 0 Å². The molecule has 3 aromatic carbocycles. The number of aromatic amines is 1. The highest BCUT2D eigenvalue weighted by molar-refractivity contribution is 6.00. The molecule has 178 valence electrons. The minimum Gasteiger partial charge on any atom is -0.497 e. The Labute approximate surface area is 205 Å². The molecule has 1 atom stereocenters. The Hall–Kier alpha value is -4.06. The zero-order chi connectivity index (χ0) is 24.4. The summed E-state index contributed by atoms with van der Waals surface area (Å²) in [5.41, 5.74) is 4.75. The van der Waals surface area contributed by atoms with Gasteiger partial charge in [-0.15, -0.1) is 0 Å². The van der Waals surface area contributed by atoms with Crippen LogP contribution in [-0.2, 0) is 17.8 Å². The van der Waals surface area contributed by atoms with Crippen LogP contribution < -0.4 is 4.74 Å². The molecule has 1 aromatic heterocycles. The molecule has 0 radical (unpaired) electrons. The average Bonchev–Trinajstić information content (AvgIpc) is 3.29. The highest BCUT2D eigenvalue weighted by Crippen LogP contribution is 2.24. The molecule has 4 aromatic rings.